The molecule has 6 nitrogen and oxygen atoms in total. The summed E-state index contributed by atoms with van der Waals surface area (Å²) in [6.45, 7) is 1.56. The lowest BCUT2D eigenvalue weighted by molar-refractivity contribution is -0.163. The van der Waals surface area contributed by atoms with Crippen LogP contribution in [0, 0.1) is 5.41 Å². The van der Waals surface area contributed by atoms with Crippen molar-refractivity contribution in [3.63, 3.8) is 0 Å². The Morgan fingerprint density at radius 2 is 1.52 bits per heavy atom. The minimum Gasteiger partial charge on any atom is -0.311 e. The fraction of sp³-hybridized carbons (Fsp3) is 0.333. The van der Waals surface area contributed by atoms with Crippen molar-refractivity contribution in [2.24, 2.45) is 5.41 Å². The van der Waals surface area contributed by atoms with E-state index in [1.165, 1.54) is 21.6 Å². The predicted octanol–water partition coefficient (Wildman–Crippen LogP) is 2.76. The smallest absolute Gasteiger partial charge is 0.245 e. The molecule has 0 unspecified atom stereocenters. The molecule has 5 rings (SSSR count). The zero-order valence-electron chi connectivity index (χ0n) is 16.4. The fourth-order valence-corrected chi connectivity index (χ4v) is 8.34. The van der Waals surface area contributed by atoms with Crippen LogP contribution in [0.25, 0.3) is 0 Å². The summed E-state index contributed by atoms with van der Waals surface area (Å²) >= 11 is 1.21. The van der Waals surface area contributed by atoms with Crippen molar-refractivity contribution in [2.45, 2.75) is 28.5 Å². The Balaban J connectivity index is 1.99. The summed E-state index contributed by atoms with van der Waals surface area (Å²) in [5.41, 5.74) is -0.861. The minimum atomic E-state index is -3.83. The summed E-state index contributed by atoms with van der Waals surface area (Å²) in [5, 5.41) is -0.974. The van der Waals surface area contributed by atoms with Crippen LogP contribution in [-0.2, 0) is 19.4 Å². The monoisotopic (exact) mass is 430 g/mol. The van der Waals surface area contributed by atoms with E-state index in [9.17, 15) is 18.0 Å². The normalized spacial score (nSPS) is 29.4. The number of para-hydroxylation sites is 1. The van der Waals surface area contributed by atoms with Gasteiger partial charge in [0.25, 0.3) is 0 Å². The second-order valence-electron chi connectivity index (χ2n) is 7.59. The maximum absolute atomic E-state index is 13.7. The van der Waals surface area contributed by atoms with E-state index in [1.54, 1.807) is 74.8 Å². The maximum atomic E-state index is 13.7. The van der Waals surface area contributed by atoms with E-state index in [0.717, 1.165) is 0 Å². The van der Waals surface area contributed by atoms with Gasteiger partial charge in [0.05, 0.1) is 4.90 Å². The van der Waals surface area contributed by atoms with Gasteiger partial charge in [-0.05, 0) is 43.9 Å². The number of hydrogen-bond donors (Lipinski definition) is 0. The molecular formula is C21H22N2O4S2. The zero-order valence-corrected chi connectivity index (χ0v) is 18.0. The fourth-order valence-electron chi connectivity index (χ4n) is 4.51. The number of amides is 2. The van der Waals surface area contributed by atoms with Gasteiger partial charge in [0.2, 0.25) is 11.8 Å². The average molecular weight is 431 g/mol. The van der Waals surface area contributed by atoms with E-state index in [2.05, 4.69) is 0 Å². The van der Waals surface area contributed by atoms with E-state index in [0.29, 0.717) is 5.69 Å². The molecule has 29 heavy (non-hydrogen) atoms. The standard InChI is InChI=1S/C21H22N2O4S2/c1-20-14-17(29(26,27)16-12-8-5-9-13-16)21(28-3,22(2)18(20)24)23(19(20)25)15-10-6-4-7-11-15/h4-13,17H,14H2,1-3H3/t17-,20+,21+/m0/s1. The number of benzene rings is 2. The van der Waals surface area contributed by atoms with Crippen LogP contribution in [0.4, 0.5) is 5.69 Å². The topological polar surface area (TPSA) is 74.8 Å². The predicted molar refractivity (Wildman–Crippen MR) is 113 cm³/mol. The third-order valence-corrected chi connectivity index (χ3v) is 9.69. The molecule has 0 radical (unpaired) electrons. The van der Waals surface area contributed by atoms with E-state index in [1.807, 2.05) is 6.07 Å². The van der Waals surface area contributed by atoms with Gasteiger partial charge in [-0.25, -0.2) is 8.42 Å². The highest BCUT2D eigenvalue weighted by Crippen LogP contribution is 2.56. The number of fused-ring (bicyclic) bond motifs is 3. The van der Waals surface area contributed by atoms with Crippen LogP contribution in [-0.4, -0.2) is 48.7 Å². The molecule has 8 heteroatoms. The average Bonchev–Trinajstić information content (AvgIpc) is 2.74. The molecule has 2 amide bonds. The highest BCUT2D eigenvalue weighted by atomic mass is 32.2. The second kappa shape index (κ2) is 6.60. The molecule has 3 aliphatic heterocycles. The van der Waals surface area contributed by atoms with Gasteiger partial charge in [0.15, 0.2) is 14.8 Å². The first-order valence-electron chi connectivity index (χ1n) is 9.23. The Kier molecular flexibility index (Phi) is 4.55. The first kappa shape index (κ1) is 20.0. The van der Waals surface area contributed by atoms with Gasteiger partial charge < -0.3 is 4.90 Å². The molecule has 0 aliphatic carbocycles. The molecule has 3 saturated heterocycles. The summed E-state index contributed by atoms with van der Waals surface area (Å²) < 4.78 is 27.5. The summed E-state index contributed by atoms with van der Waals surface area (Å²) in [4.78, 5) is 28.4. The number of hydrogen-bond acceptors (Lipinski definition) is 5. The highest BCUT2D eigenvalue weighted by Gasteiger charge is 2.72. The molecule has 0 saturated carbocycles. The van der Waals surface area contributed by atoms with Gasteiger partial charge in [0.1, 0.15) is 10.7 Å². The zero-order chi connectivity index (χ0) is 21.0. The number of nitrogens with zero attached hydrogens (tertiary/aromatic N) is 2. The number of piperidine rings is 2. The molecule has 2 aromatic carbocycles. The number of sulfone groups is 1. The van der Waals surface area contributed by atoms with Gasteiger partial charge in [-0.15, -0.1) is 11.8 Å². The van der Waals surface area contributed by atoms with E-state index >= 15 is 0 Å². The largest absolute Gasteiger partial charge is 0.311 e. The van der Waals surface area contributed by atoms with Gasteiger partial charge >= 0.3 is 0 Å². The van der Waals surface area contributed by atoms with Crippen LogP contribution in [0.15, 0.2) is 65.6 Å². The minimum absolute atomic E-state index is 0.0452. The highest BCUT2D eigenvalue weighted by molar-refractivity contribution is 8.01. The maximum Gasteiger partial charge on any atom is 0.245 e. The summed E-state index contributed by atoms with van der Waals surface area (Å²) in [6, 6.07) is 17.2. The van der Waals surface area contributed by atoms with Crippen molar-refractivity contribution in [1.82, 2.24) is 4.90 Å². The van der Waals surface area contributed by atoms with Crippen LogP contribution in [0.5, 0.6) is 0 Å². The van der Waals surface area contributed by atoms with Crippen LogP contribution in [0.1, 0.15) is 13.3 Å². The summed E-state index contributed by atoms with van der Waals surface area (Å²) in [6.07, 6.45) is 1.70. The Bertz CT molecular complexity index is 1070. The van der Waals surface area contributed by atoms with Crippen molar-refractivity contribution in [3.05, 3.63) is 60.7 Å². The molecule has 0 spiro atoms. The number of carbonyl (C=O) groups excluding carboxylic acids is 2. The van der Waals surface area contributed by atoms with Gasteiger partial charge in [-0.3, -0.25) is 14.5 Å². The van der Waals surface area contributed by atoms with Crippen LogP contribution >= 0.6 is 11.8 Å². The molecule has 152 valence electrons. The first-order chi connectivity index (χ1) is 13.7. The first-order valence-corrected chi connectivity index (χ1v) is 12.0. The van der Waals surface area contributed by atoms with E-state index in [-0.39, 0.29) is 23.1 Å². The van der Waals surface area contributed by atoms with Gasteiger partial charge in [-0.1, -0.05) is 36.4 Å². The molecule has 0 N–H and O–H groups in total. The number of rotatable bonds is 4. The molecule has 3 atom stereocenters. The van der Waals surface area contributed by atoms with Crippen molar-refractivity contribution < 1.29 is 18.0 Å². The van der Waals surface area contributed by atoms with Crippen molar-refractivity contribution in [2.75, 3.05) is 18.2 Å². The molecule has 2 aromatic rings. The number of thioether (sulfide) groups is 1. The van der Waals surface area contributed by atoms with E-state index < -0.39 is 25.5 Å². The lowest BCUT2D eigenvalue weighted by atomic mass is 9.73. The molecule has 0 aromatic heterocycles. The summed E-state index contributed by atoms with van der Waals surface area (Å²) in [5.74, 6) is -0.704. The quantitative estimate of drug-likeness (QED) is 0.698. The van der Waals surface area contributed by atoms with Crippen LogP contribution < -0.4 is 4.90 Å². The Morgan fingerprint density at radius 3 is 2.07 bits per heavy atom. The van der Waals surface area contributed by atoms with Crippen molar-refractivity contribution >= 4 is 39.1 Å². The number of anilines is 1. The lowest BCUT2D eigenvalue weighted by Gasteiger charge is -2.63. The Morgan fingerprint density at radius 1 is 0.966 bits per heavy atom. The molecule has 3 fully saturated rings. The number of carbonyl (C=O) groups is 2. The van der Waals surface area contributed by atoms with Gasteiger partial charge in [-0.2, -0.15) is 0 Å². The third kappa shape index (κ3) is 2.51. The Hall–Kier alpha value is -2.32. The molecule has 3 heterocycles. The van der Waals surface area contributed by atoms with Crippen LogP contribution in [0.2, 0.25) is 0 Å². The second-order valence-corrected chi connectivity index (χ2v) is 10.7. The molecule has 3 aliphatic rings. The third-order valence-electron chi connectivity index (χ3n) is 6.03. The Labute approximate surface area is 174 Å². The lowest BCUT2D eigenvalue weighted by Crippen LogP contribution is -2.81. The van der Waals surface area contributed by atoms with Crippen molar-refractivity contribution in [3.8, 4) is 0 Å². The summed E-state index contributed by atoms with van der Waals surface area (Å²) in [7, 11) is -2.24. The molecule has 2 bridgehead atoms. The SMILES string of the molecule is CS[C@]12[C@@H](S(=O)(=O)c3ccccc3)C[C@](C)(C(=O)N1C)C(=O)N2c1ccccc1. The van der Waals surface area contributed by atoms with Crippen molar-refractivity contribution in [1.29, 1.82) is 0 Å². The van der Waals surface area contributed by atoms with Gasteiger partial charge in [0, 0.05) is 12.7 Å². The van der Waals surface area contributed by atoms with E-state index in [4.69, 9.17) is 0 Å². The van der Waals surface area contributed by atoms with Crippen LogP contribution in [0.3, 0.4) is 0 Å². The molecular weight excluding hydrogens is 408 g/mol.